The Kier molecular flexibility index (Phi) is 3.79. The van der Waals surface area contributed by atoms with E-state index in [4.69, 9.17) is 9.52 Å². The third-order valence-corrected chi connectivity index (χ3v) is 3.49. The largest absolute Gasteiger partial charge is 0.481 e. The van der Waals surface area contributed by atoms with Crippen LogP contribution in [-0.4, -0.2) is 31.6 Å². The molecule has 8 heteroatoms. The molecule has 0 amide bonds. The molecule has 7 nitrogen and oxygen atoms in total. The summed E-state index contributed by atoms with van der Waals surface area (Å²) in [7, 11) is 0. The van der Waals surface area contributed by atoms with Crippen LogP contribution in [0.15, 0.2) is 26.5 Å². The number of aromatic amines is 1. The molecule has 0 fully saturated rings. The zero-order valence-electron chi connectivity index (χ0n) is 10.4. The second kappa shape index (κ2) is 5.35. The summed E-state index contributed by atoms with van der Waals surface area (Å²) in [6.07, 6.45) is 0. The van der Waals surface area contributed by atoms with Crippen LogP contribution in [-0.2, 0) is 4.79 Å². The molecule has 0 saturated carbocycles. The SMILES string of the molecule is Cc1ccc(C(C)n2c(SCC(=O)O)n[nH]c2=O)o1. The second-order valence-electron chi connectivity index (χ2n) is 3.99. The van der Waals surface area contributed by atoms with Crippen molar-refractivity contribution in [3.05, 3.63) is 34.1 Å². The molecule has 19 heavy (non-hydrogen) atoms. The minimum absolute atomic E-state index is 0.159. The Bertz CT molecular complexity index is 642. The summed E-state index contributed by atoms with van der Waals surface area (Å²) in [4.78, 5) is 22.3. The number of furan rings is 1. The number of carboxylic acids is 1. The summed E-state index contributed by atoms with van der Waals surface area (Å²) in [6, 6.07) is 3.24. The van der Waals surface area contributed by atoms with Crippen molar-refractivity contribution < 1.29 is 14.3 Å². The molecule has 0 aliphatic heterocycles. The number of aliphatic carboxylic acids is 1. The van der Waals surface area contributed by atoms with Gasteiger partial charge in [-0.15, -0.1) is 5.10 Å². The predicted molar refractivity (Wildman–Crippen MR) is 68.5 cm³/mol. The lowest BCUT2D eigenvalue weighted by Crippen LogP contribution is -2.22. The van der Waals surface area contributed by atoms with Crippen LogP contribution < -0.4 is 5.69 Å². The number of aryl methyl sites for hydroxylation is 1. The summed E-state index contributed by atoms with van der Waals surface area (Å²) >= 11 is 0.985. The van der Waals surface area contributed by atoms with Gasteiger partial charge in [-0.1, -0.05) is 11.8 Å². The van der Waals surface area contributed by atoms with Crippen molar-refractivity contribution in [3.63, 3.8) is 0 Å². The molecule has 0 aliphatic rings. The highest BCUT2D eigenvalue weighted by molar-refractivity contribution is 7.99. The number of carboxylic acid groups (broad SMARTS) is 1. The lowest BCUT2D eigenvalue weighted by atomic mass is 10.2. The maximum Gasteiger partial charge on any atom is 0.344 e. The first-order chi connectivity index (χ1) is 8.99. The van der Waals surface area contributed by atoms with Crippen LogP contribution in [0.2, 0.25) is 0 Å². The lowest BCUT2D eigenvalue weighted by Gasteiger charge is -2.11. The van der Waals surface area contributed by atoms with E-state index in [1.807, 2.05) is 6.92 Å². The average Bonchev–Trinajstić information content (AvgIpc) is 2.92. The van der Waals surface area contributed by atoms with Gasteiger partial charge in [-0.05, 0) is 26.0 Å². The first-order valence-electron chi connectivity index (χ1n) is 5.57. The standard InChI is InChI=1S/C11H13N3O4S/c1-6-3-4-8(18-6)7(2)14-10(17)12-13-11(14)19-5-9(15)16/h3-4,7H,5H2,1-2H3,(H,12,17)(H,15,16). The van der Waals surface area contributed by atoms with E-state index >= 15 is 0 Å². The number of rotatable bonds is 5. The highest BCUT2D eigenvalue weighted by Gasteiger charge is 2.19. The third-order valence-electron chi connectivity index (χ3n) is 2.56. The summed E-state index contributed by atoms with van der Waals surface area (Å²) in [5.41, 5.74) is -0.394. The van der Waals surface area contributed by atoms with Crippen molar-refractivity contribution in [3.8, 4) is 0 Å². The Morgan fingerprint density at radius 2 is 2.37 bits per heavy atom. The fourth-order valence-electron chi connectivity index (χ4n) is 1.67. The Morgan fingerprint density at radius 1 is 1.63 bits per heavy atom. The van der Waals surface area contributed by atoms with E-state index in [9.17, 15) is 9.59 Å². The van der Waals surface area contributed by atoms with E-state index in [1.165, 1.54) is 4.57 Å². The van der Waals surface area contributed by atoms with Crippen molar-refractivity contribution in [2.45, 2.75) is 25.0 Å². The van der Waals surface area contributed by atoms with Gasteiger partial charge in [-0.25, -0.2) is 9.89 Å². The highest BCUT2D eigenvalue weighted by atomic mass is 32.2. The Labute approximate surface area is 112 Å². The van der Waals surface area contributed by atoms with Gasteiger partial charge < -0.3 is 9.52 Å². The molecule has 2 N–H and O–H groups in total. The van der Waals surface area contributed by atoms with Gasteiger partial charge in [0.1, 0.15) is 11.5 Å². The quantitative estimate of drug-likeness (QED) is 0.801. The number of carbonyl (C=O) groups is 1. The van der Waals surface area contributed by atoms with Crippen LogP contribution in [0.1, 0.15) is 24.5 Å². The summed E-state index contributed by atoms with van der Waals surface area (Å²) < 4.78 is 6.86. The van der Waals surface area contributed by atoms with Gasteiger partial charge in [0.15, 0.2) is 5.16 Å². The number of thioether (sulfide) groups is 1. The molecule has 0 aliphatic carbocycles. The van der Waals surface area contributed by atoms with Gasteiger partial charge in [-0.2, -0.15) is 0 Å². The van der Waals surface area contributed by atoms with Crippen molar-refractivity contribution >= 4 is 17.7 Å². The predicted octanol–water partition coefficient (Wildman–Crippen LogP) is 1.26. The molecule has 0 aromatic carbocycles. The molecule has 0 spiro atoms. The first-order valence-corrected chi connectivity index (χ1v) is 6.55. The van der Waals surface area contributed by atoms with Crippen molar-refractivity contribution in [1.82, 2.24) is 14.8 Å². The highest BCUT2D eigenvalue weighted by Crippen LogP contribution is 2.23. The summed E-state index contributed by atoms with van der Waals surface area (Å²) in [6.45, 7) is 3.61. The number of hydrogen-bond donors (Lipinski definition) is 2. The fraction of sp³-hybridized carbons (Fsp3) is 0.364. The molecular formula is C11H13N3O4S. The van der Waals surface area contributed by atoms with Crippen LogP contribution in [0.4, 0.5) is 0 Å². The van der Waals surface area contributed by atoms with Crippen molar-refractivity contribution in [2.24, 2.45) is 0 Å². The molecule has 0 saturated heterocycles. The van der Waals surface area contributed by atoms with Gasteiger partial charge in [0.25, 0.3) is 0 Å². The number of H-pyrrole nitrogens is 1. The van der Waals surface area contributed by atoms with E-state index in [-0.39, 0.29) is 11.8 Å². The monoisotopic (exact) mass is 283 g/mol. The zero-order valence-corrected chi connectivity index (χ0v) is 11.2. The maximum absolute atomic E-state index is 11.7. The van der Waals surface area contributed by atoms with E-state index in [0.717, 1.165) is 17.5 Å². The van der Waals surface area contributed by atoms with Crippen LogP contribution in [0.3, 0.4) is 0 Å². The van der Waals surface area contributed by atoms with Crippen LogP contribution in [0, 0.1) is 6.92 Å². The van der Waals surface area contributed by atoms with Crippen LogP contribution in [0.25, 0.3) is 0 Å². The van der Waals surface area contributed by atoms with E-state index < -0.39 is 11.7 Å². The Balaban J connectivity index is 2.30. The first kappa shape index (κ1) is 13.5. The van der Waals surface area contributed by atoms with Gasteiger partial charge in [0.2, 0.25) is 0 Å². The number of aromatic nitrogens is 3. The van der Waals surface area contributed by atoms with E-state index in [2.05, 4.69) is 10.2 Å². The van der Waals surface area contributed by atoms with E-state index in [1.54, 1.807) is 19.1 Å². The van der Waals surface area contributed by atoms with Gasteiger partial charge >= 0.3 is 11.7 Å². The number of hydrogen-bond acceptors (Lipinski definition) is 5. The average molecular weight is 283 g/mol. The smallest absolute Gasteiger partial charge is 0.344 e. The molecule has 2 heterocycles. The maximum atomic E-state index is 11.7. The molecule has 2 rings (SSSR count). The van der Waals surface area contributed by atoms with Gasteiger partial charge in [0, 0.05) is 0 Å². The minimum Gasteiger partial charge on any atom is -0.481 e. The molecule has 1 atom stereocenters. The molecule has 102 valence electrons. The number of nitrogens with one attached hydrogen (secondary N) is 1. The van der Waals surface area contributed by atoms with E-state index in [0.29, 0.717) is 10.9 Å². The minimum atomic E-state index is -0.964. The summed E-state index contributed by atoms with van der Waals surface area (Å²) in [5, 5.41) is 15.1. The van der Waals surface area contributed by atoms with Crippen LogP contribution in [0.5, 0.6) is 0 Å². The lowest BCUT2D eigenvalue weighted by molar-refractivity contribution is -0.133. The molecule has 2 aromatic rings. The number of nitrogens with zero attached hydrogens (tertiary/aromatic N) is 2. The zero-order chi connectivity index (χ0) is 14.0. The normalized spacial score (nSPS) is 12.5. The topological polar surface area (TPSA) is 101 Å². The molecular weight excluding hydrogens is 270 g/mol. The summed E-state index contributed by atoms with van der Waals surface area (Å²) in [5.74, 6) is 0.249. The second-order valence-corrected chi connectivity index (χ2v) is 4.93. The van der Waals surface area contributed by atoms with Crippen LogP contribution >= 0.6 is 11.8 Å². The van der Waals surface area contributed by atoms with Crippen molar-refractivity contribution in [1.29, 1.82) is 0 Å². The molecule has 2 aromatic heterocycles. The molecule has 0 bridgehead atoms. The molecule has 0 radical (unpaired) electrons. The fourth-order valence-corrected chi connectivity index (χ4v) is 2.41. The van der Waals surface area contributed by atoms with Gasteiger partial charge in [-0.3, -0.25) is 9.36 Å². The molecule has 1 unspecified atom stereocenters. The third kappa shape index (κ3) is 2.90. The Morgan fingerprint density at radius 3 is 2.95 bits per heavy atom. The van der Waals surface area contributed by atoms with Gasteiger partial charge in [0.05, 0.1) is 11.8 Å². The van der Waals surface area contributed by atoms with Crippen molar-refractivity contribution in [2.75, 3.05) is 5.75 Å². The Hall–Kier alpha value is -1.96.